The lowest BCUT2D eigenvalue weighted by Crippen LogP contribution is -2.25. The Bertz CT molecular complexity index is 424. The molecule has 0 aromatic carbocycles. The number of hydrogen-bond donors (Lipinski definition) is 0. The van der Waals surface area contributed by atoms with Crippen LogP contribution in [0.5, 0.6) is 0 Å². The van der Waals surface area contributed by atoms with Gasteiger partial charge in [0.05, 0.1) is 13.0 Å². The molecule has 1 heterocycles. The predicted molar refractivity (Wildman–Crippen MR) is 78.9 cm³/mol. The third kappa shape index (κ3) is 6.02. The first-order chi connectivity index (χ1) is 9.31. The fourth-order valence-corrected chi connectivity index (χ4v) is 1.63. The van der Waals surface area contributed by atoms with Gasteiger partial charge in [-0.05, 0) is 32.4 Å². The highest BCUT2D eigenvalue weighted by molar-refractivity contribution is 5.73. The molecular formula is C15H24N2O3. The van der Waals surface area contributed by atoms with E-state index < -0.39 is 5.60 Å². The smallest absolute Gasteiger partial charge is 0.310 e. The lowest BCUT2D eigenvalue weighted by molar-refractivity contribution is -0.153. The van der Waals surface area contributed by atoms with Crippen molar-refractivity contribution >= 4 is 11.8 Å². The van der Waals surface area contributed by atoms with Crippen LogP contribution in [0.4, 0.5) is 5.82 Å². The molecule has 0 aliphatic rings. The van der Waals surface area contributed by atoms with Gasteiger partial charge < -0.3 is 14.4 Å². The Kier molecular flexibility index (Phi) is 5.95. The van der Waals surface area contributed by atoms with Gasteiger partial charge in [0, 0.05) is 26.9 Å². The van der Waals surface area contributed by atoms with Crippen LogP contribution >= 0.6 is 0 Å². The van der Waals surface area contributed by atoms with Gasteiger partial charge in [-0.15, -0.1) is 0 Å². The van der Waals surface area contributed by atoms with Crippen LogP contribution in [0.2, 0.25) is 0 Å². The molecule has 0 amide bonds. The van der Waals surface area contributed by atoms with Gasteiger partial charge in [0.25, 0.3) is 0 Å². The molecule has 1 aromatic heterocycles. The summed E-state index contributed by atoms with van der Waals surface area (Å²) >= 11 is 0. The maximum Gasteiger partial charge on any atom is 0.310 e. The number of nitrogens with zero attached hydrogens (tertiary/aromatic N) is 2. The summed E-state index contributed by atoms with van der Waals surface area (Å²) < 4.78 is 10.3. The topological polar surface area (TPSA) is 51.7 Å². The van der Waals surface area contributed by atoms with Gasteiger partial charge in [0.2, 0.25) is 0 Å². The largest absolute Gasteiger partial charge is 0.460 e. The second-order valence-corrected chi connectivity index (χ2v) is 5.70. The quantitative estimate of drug-likeness (QED) is 0.746. The summed E-state index contributed by atoms with van der Waals surface area (Å²) in [5.74, 6) is 0.620. The van der Waals surface area contributed by atoms with Crippen molar-refractivity contribution in [3.8, 4) is 0 Å². The number of likely N-dealkylation sites (N-methyl/N-ethyl adjacent to an activating group) is 1. The zero-order valence-electron chi connectivity index (χ0n) is 13.0. The average Bonchev–Trinajstić information content (AvgIpc) is 2.34. The number of pyridine rings is 1. The fraction of sp³-hybridized carbons (Fsp3) is 0.600. The van der Waals surface area contributed by atoms with Crippen LogP contribution in [0, 0.1) is 0 Å². The van der Waals surface area contributed by atoms with Crippen LogP contribution in [0.1, 0.15) is 26.3 Å². The first-order valence-electron chi connectivity index (χ1n) is 6.68. The molecule has 5 heteroatoms. The Balaban J connectivity index is 2.56. The van der Waals surface area contributed by atoms with E-state index in [1.165, 1.54) is 0 Å². The Labute approximate surface area is 120 Å². The van der Waals surface area contributed by atoms with Crippen LogP contribution in [0.3, 0.4) is 0 Å². The molecule has 5 nitrogen and oxygen atoms in total. The molecule has 0 atom stereocenters. The highest BCUT2D eigenvalue weighted by atomic mass is 16.6. The minimum Gasteiger partial charge on any atom is -0.460 e. The molecule has 0 bridgehead atoms. The molecule has 20 heavy (non-hydrogen) atoms. The highest BCUT2D eigenvalue weighted by Gasteiger charge is 2.16. The van der Waals surface area contributed by atoms with E-state index >= 15 is 0 Å². The highest BCUT2D eigenvalue weighted by Crippen LogP contribution is 2.12. The maximum absolute atomic E-state index is 11.7. The van der Waals surface area contributed by atoms with Crippen molar-refractivity contribution in [2.75, 3.05) is 32.2 Å². The van der Waals surface area contributed by atoms with Crippen LogP contribution in [-0.4, -0.2) is 43.9 Å². The molecule has 1 rings (SSSR count). The average molecular weight is 280 g/mol. The van der Waals surface area contributed by atoms with Gasteiger partial charge in [0.15, 0.2) is 0 Å². The van der Waals surface area contributed by atoms with E-state index in [1.54, 1.807) is 13.3 Å². The lowest BCUT2D eigenvalue weighted by Gasteiger charge is -2.20. The van der Waals surface area contributed by atoms with Crippen molar-refractivity contribution in [2.45, 2.75) is 32.8 Å². The van der Waals surface area contributed by atoms with Crippen molar-refractivity contribution in [1.82, 2.24) is 4.98 Å². The van der Waals surface area contributed by atoms with E-state index in [1.807, 2.05) is 44.9 Å². The number of carbonyl (C=O) groups is 1. The number of hydrogen-bond acceptors (Lipinski definition) is 5. The summed E-state index contributed by atoms with van der Waals surface area (Å²) in [4.78, 5) is 18.1. The molecule has 0 spiro atoms. The third-order valence-electron chi connectivity index (χ3n) is 2.60. The van der Waals surface area contributed by atoms with Crippen molar-refractivity contribution in [3.05, 3.63) is 23.9 Å². The Hall–Kier alpha value is -1.62. The van der Waals surface area contributed by atoms with Gasteiger partial charge >= 0.3 is 5.97 Å². The van der Waals surface area contributed by atoms with Crippen LogP contribution in [0.25, 0.3) is 0 Å². The van der Waals surface area contributed by atoms with Crippen molar-refractivity contribution < 1.29 is 14.3 Å². The Morgan fingerprint density at radius 3 is 2.55 bits per heavy atom. The van der Waals surface area contributed by atoms with E-state index in [2.05, 4.69) is 4.98 Å². The molecule has 1 aromatic rings. The number of esters is 1. The number of anilines is 1. The molecule has 0 aliphatic carbocycles. The summed E-state index contributed by atoms with van der Waals surface area (Å²) in [5.41, 5.74) is 0.397. The minimum atomic E-state index is -0.454. The van der Waals surface area contributed by atoms with Gasteiger partial charge in [-0.25, -0.2) is 4.98 Å². The summed E-state index contributed by atoms with van der Waals surface area (Å²) in [6.07, 6.45) is 1.95. The lowest BCUT2D eigenvalue weighted by atomic mass is 10.1. The minimum absolute atomic E-state index is 0.236. The van der Waals surface area contributed by atoms with Crippen molar-refractivity contribution in [3.63, 3.8) is 0 Å². The monoisotopic (exact) mass is 280 g/mol. The summed E-state index contributed by atoms with van der Waals surface area (Å²) in [5, 5.41) is 0. The SMILES string of the molecule is COCCN(C)c1ccc(CC(=O)OC(C)(C)C)cn1. The van der Waals surface area contributed by atoms with Crippen LogP contribution in [0.15, 0.2) is 18.3 Å². The van der Waals surface area contributed by atoms with Gasteiger partial charge in [-0.1, -0.05) is 6.07 Å². The van der Waals surface area contributed by atoms with Crippen LogP contribution < -0.4 is 4.90 Å². The molecule has 0 radical (unpaired) electrons. The first kappa shape index (κ1) is 16.4. The number of methoxy groups -OCH3 is 1. The zero-order chi connectivity index (χ0) is 15.2. The summed E-state index contributed by atoms with van der Waals surface area (Å²) in [7, 11) is 3.63. The van der Waals surface area contributed by atoms with E-state index in [-0.39, 0.29) is 12.4 Å². The molecule has 0 saturated heterocycles. The molecule has 0 aliphatic heterocycles. The molecule has 0 saturated carbocycles. The molecular weight excluding hydrogens is 256 g/mol. The van der Waals surface area contributed by atoms with E-state index in [9.17, 15) is 4.79 Å². The second-order valence-electron chi connectivity index (χ2n) is 5.70. The van der Waals surface area contributed by atoms with Gasteiger partial charge in [0.1, 0.15) is 11.4 Å². The van der Waals surface area contributed by atoms with Crippen molar-refractivity contribution in [2.24, 2.45) is 0 Å². The van der Waals surface area contributed by atoms with Crippen molar-refractivity contribution in [1.29, 1.82) is 0 Å². The number of aromatic nitrogens is 1. The summed E-state index contributed by atoms with van der Waals surface area (Å²) in [6, 6.07) is 3.80. The molecule has 112 valence electrons. The number of carbonyl (C=O) groups excluding carboxylic acids is 1. The molecule has 0 unspecified atom stereocenters. The predicted octanol–water partition coefficient (Wildman–Crippen LogP) is 2.05. The number of ether oxygens (including phenoxy) is 2. The zero-order valence-corrected chi connectivity index (χ0v) is 13.0. The molecule has 0 N–H and O–H groups in total. The molecule has 0 fully saturated rings. The van der Waals surface area contributed by atoms with E-state index in [0.29, 0.717) is 6.61 Å². The third-order valence-corrected chi connectivity index (χ3v) is 2.60. The van der Waals surface area contributed by atoms with E-state index in [0.717, 1.165) is 17.9 Å². The first-order valence-corrected chi connectivity index (χ1v) is 6.68. The standard InChI is InChI=1S/C15H24N2O3/c1-15(2,3)20-14(18)10-12-6-7-13(16-11-12)17(4)8-9-19-5/h6-7,11H,8-10H2,1-5H3. The Morgan fingerprint density at radius 1 is 1.35 bits per heavy atom. The summed E-state index contributed by atoms with van der Waals surface area (Å²) in [6.45, 7) is 7.00. The van der Waals surface area contributed by atoms with Gasteiger partial charge in [-0.2, -0.15) is 0 Å². The van der Waals surface area contributed by atoms with Gasteiger partial charge in [-0.3, -0.25) is 4.79 Å². The van der Waals surface area contributed by atoms with E-state index in [4.69, 9.17) is 9.47 Å². The second kappa shape index (κ2) is 7.24. The number of rotatable bonds is 6. The fourth-order valence-electron chi connectivity index (χ4n) is 1.63. The maximum atomic E-state index is 11.7. The Morgan fingerprint density at radius 2 is 2.05 bits per heavy atom. The van der Waals surface area contributed by atoms with Crippen LogP contribution in [-0.2, 0) is 20.7 Å². The normalized spacial score (nSPS) is 11.2.